The Morgan fingerprint density at radius 2 is 1.81 bits per heavy atom. The Balaban J connectivity index is 1.47. The largest absolute Gasteiger partial charge is 0.459 e. The van der Waals surface area contributed by atoms with Gasteiger partial charge in [0.15, 0.2) is 5.76 Å². The first-order valence-corrected chi connectivity index (χ1v) is 11.8. The number of nitrogens with one attached hydrogen (secondary N) is 2. The summed E-state index contributed by atoms with van der Waals surface area (Å²) >= 11 is 0. The summed E-state index contributed by atoms with van der Waals surface area (Å²) in [6.45, 7) is 2.41. The van der Waals surface area contributed by atoms with Gasteiger partial charge in [0.1, 0.15) is 0 Å². The van der Waals surface area contributed by atoms with Gasteiger partial charge in [-0.2, -0.15) is 0 Å². The van der Waals surface area contributed by atoms with Crippen LogP contribution in [0.1, 0.15) is 35.9 Å². The molecule has 9 heteroatoms. The van der Waals surface area contributed by atoms with E-state index in [0.29, 0.717) is 30.8 Å². The van der Waals surface area contributed by atoms with Crippen molar-refractivity contribution in [3.63, 3.8) is 0 Å². The summed E-state index contributed by atoms with van der Waals surface area (Å²) in [7, 11) is -3.81. The molecule has 0 saturated carbocycles. The van der Waals surface area contributed by atoms with Crippen molar-refractivity contribution >= 4 is 38.9 Å². The number of furan rings is 1. The lowest BCUT2D eigenvalue weighted by atomic mass is 10.1. The van der Waals surface area contributed by atoms with Crippen LogP contribution in [0.2, 0.25) is 0 Å². The second-order valence-corrected chi connectivity index (χ2v) is 9.14. The van der Waals surface area contributed by atoms with Crippen LogP contribution in [0.3, 0.4) is 0 Å². The number of fused-ring (bicyclic) bond motifs is 1. The van der Waals surface area contributed by atoms with Gasteiger partial charge in [-0.15, -0.1) is 0 Å². The number of hydrogen-bond donors (Lipinski definition) is 2. The Hall–Kier alpha value is -3.59. The highest BCUT2D eigenvalue weighted by molar-refractivity contribution is 7.92. The molecule has 166 valence electrons. The van der Waals surface area contributed by atoms with Gasteiger partial charge < -0.3 is 14.6 Å². The van der Waals surface area contributed by atoms with Gasteiger partial charge in [0, 0.05) is 30.0 Å². The number of carbonyl (C=O) groups is 2. The summed E-state index contributed by atoms with van der Waals surface area (Å²) in [4.78, 5) is 26.0. The first-order valence-electron chi connectivity index (χ1n) is 10.3. The molecule has 2 N–H and O–H groups in total. The molecule has 0 saturated heterocycles. The number of rotatable bonds is 7. The Morgan fingerprint density at radius 1 is 1.06 bits per heavy atom. The molecular formula is C23H23N3O5S. The van der Waals surface area contributed by atoms with Gasteiger partial charge in [0.2, 0.25) is 5.91 Å². The van der Waals surface area contributed by atoms with E-state index in [2.05, 4.69) is 10.0 Å². The van der Waals surface area contributed by atoms with Crippen LogP contribution in [0.25, 0.3) is 0 Å². The molecule has 32 heavy (non-hydrogen) atoms. The molecule has 2 aromatic carbocycles. The highest BCUT2D eigenvalue weighted by Crippen LogP contribution is 2.32. The van der Waals surface area contributed by atoms with Crippen molar-refractivity contribution in [1.29, 1.82) is 0 Å². The molecule has 0 unspecified atom stereocenters. The van der Waals surface area contributed by atoms with E-state index in [0.717, 1.165) is 17.7 Å². The Morgan fingerprint density at radius 3 is 2.50 bits per heavy atom. The fraction of sp³-hybridized carbons (Fsp3) is 0.217. The Labute approximate surface area is 186 Å². The van der Waals surface area contributed by atoms with E-state index < -0.39 is 10.0 Å². The van der Waals surface area contributed by atoms with Crippen molar-refractivity contribution in [2.75, 3.05) is 21.5 Å². The summed E-state index contributed by atoms with van der Waals surface area (Å²) in [5.41, 5.74) is 2.57. The number of hydrogen-bond acceptors (Lipinski definition) is 5. The fourth-order valence-corrected chi connectivity index (χ4v) is 4.64. The molecule has 4 rings (SSSR count). The van der Waals surface area contributed by atoms with Crippen molar-refractivity contribution < 1.29 is 22.4 Å². The zero-order valence-corrected chi connectivity index (χ0v) is 18.3. The van der Waals surface area contributed by atoms with Crippen molar-refractivity contribution in [1.82, 2.24) is 0 Å². The van der Waals surface area contributed by atoms with Crippen LogP contribution in [-0.4, -0.2) is 26.8 Å². The molecule has 3 aromatic rings. The van der Waals surface area contributed by atoms with E-state index >= 15 is 0 Å². The molecule has 2 heterocycles. The normalized spacial score (nSPS) is 13.0. The van der Waals surface area contributed by atoms with Crippen LogP contribution in [0.5, 0.6) is 0 Å². The summed E-state index contributed by atoms with van der Waals surface area (Å²) in [5, 5.41) is 2.73. The second-order valence-electron chi connectivity index (χ2n) is 7.46. The first kappa shape index (κ1) is 21.6. The average Bonchev–Trinajstić information content (AvgIpc) is 3.43. The van der Waals surface area contributed by atoms with Crippen molar-refractivity contribution in [2.24, 2.45) is 0 Å². The van der Waals surface area contributed by atoms with E-state index in [1.807, 2.05) is 6.92 Å². The molecule has 0 atom stereocenters. The second kappa shape index (κ2) is 8.88. The van der Waals surface area contributed by atoms with E-state index in [4.69, 9.17) is 4.42 Å². The van der Waals surface area contributed by atoms with Crippen molar-refractivity contribution in [3.8, 4) is 0 Å². The number of anilines is 3. The number of carbonyl (C=O) groups excluding carboxylic acids is 2. The van der Waals surface area contributed by atoms with Gasteiger partial charge >= 0.3 is 0 Å². The SMILES string of the molecule is CCCC(=O)Nc1ccc(S(=O)(=O)Nc2ccc3c(c2)CCN3C(=O)c2ccco2)cc1. The van der Waals surface area contributed by atoms with Gasteiger partial charge in [-0.1, -0.05) is 6.92 Å². The zero-order chi connectivity index (χ0) is 22.7. The third-order valence-corrected chi connectivity index (χ3v) is 6.53. The summed E-state index contributed by atoms with van der Waals surface area (Å²) in [5.74, 6) is -0.0795. The lowest BCUT2D eigenvalue weighted by Crippen LogP contribution is -2.28. The molecule has 0 radical (unpaired) electrons. The summed E-state index contributed by atoms with van der Waals surface area (Å²) in [6.07, 6.45) is 3.21. The fourth-order valence-electron chi connectivity index (χ4n) is 3.59. The molecule has 0 spiro atoms. The van der Waals surface area contributed by atoms with Gasteiger partial charge in [-0.05, 0) is 73.0 Å². The predicted molar refractivity (Wildman–Crippen MR) is 121 cm³/mol. The molecular weight excluding hydrogens is 430 g/mol. The monoisotopic (exact) mass is 453 g/mol. The zero-order valence-electron chi connectivity index (χ0n) is 17.5. The van der Waals surface area contributed by atoms with Gasteiger partial charge in [-0.3, -0.25) is 14.3 Å². The maximum atomic E-state index is 12.8. The molecule has 2 amide bonds. The first-order chi connectivity index (χ1) is 15.4. The summed E-state index contributed by atoms with van der Waals surface area (Å²) < 4.78 is 33.4. The summed E-state index contributed by atoms with van der Waals surface area (Å²) in [6, 6.07) is 14.4. The van der Waals surface area contributed by atoms with Crippen LogP contribution in [0.15, 0.2) is 70.2 Å². The number of benzene rings is 2. The minimum Gasteiger partial charge on any atom is -0.459 e. The van der Waals surface area contributed by atoms with Crippen LogP contribution < -0.4 is 14.9 Å². The van der Waals surface area contributed by atoms with E-state index in [1.54, 1.807) is 47.4 Å². The minimum atomic E-state index is -3.81. The van der Waals surface area contributed by atoms with Gasteiger partial charge in [-0.25, -0.2) is 8.42 Å². The maximum Gasteiger partial charge on any atom is 0.293 e. The van der Waals surface area contributed by atoms with Crippen LogP contribution in [0, 0.1) is 0 Å². The van der Waals surface area contributed by atoms with Crippen molar-refractivity contribution in [3.05, 3.63) is 72.2 Å². The Bertz CT molecular complexity index is 1240. The predicted octanol–water partition coefficient (Wildman–Crippen LogP) is 4.02. The van der Waals surface area contributed by atoms with E-state index in [9.17, 15) is 18.0 Å². The van der Waals surface area contributed by atoms with Gasteiger partial charge in [0.25, 0.3) is 15.9 Å². The highest BCUT2D eigenvalue weighted by Gasteiger charge is 2.27. The molecule has 0 bridgehead atoms. The minimum absolute atomic E-state index is 0.0844. The topological polar surface area (TPSA) is 109 Å². The highest BCUT2D eigenvalue weighted by atomic mass is 32.2. The van der Waals surface area contributed by atoms with Crippen LogP contribution in [-0.2, 0) is 21.2 Å². The molecule has 0 fully saturated rings. The van der Waals surface area contributed by atoms with Crippen LogP contribution in [0.4, 0.5) is 17.1 Å². The third-order valence-electron chi connectivity index (χ3n) is 5.13. The Kier molecular flexibility index (Phi) is 6.00. The number of amides is 2. The smallest absolute Gasteiger partial charge is 0.293 e. The number of nitrogens with zero attached hydrogens (tertiary/aromatic N) is 1. The van der Waals surface area contributed by atoms with Gasteiger partial charge in [0.05, 0.1) is 11.2 Å². The standard InChI is InChI=1S/C23H23N3O5S/c1-2-4-22(27)24-17-6-9-19(10-7-17)32(29,30)25-18-8-11-20-16(15-18)12-13-26(20)23(28)21-5-3-14-31-21/h3,5-11,14-15,25H,2,4,12-13H2,1H3,(H,24,27). The maximum absolute atomic E-state index is 12.8. The average molecular weight is 454 g/mol. The molecule has 1 aliphatic heterocycles. The lowest BCUT2D eigenvalue weighted by molar-refractivity contribution is -0.116. The number of sulfonamides is 1. The van der Waals surface area contributed by atoms with Crippen LogP contribution >= 0.6 is 0 Å². The molecule has 1 aromatic heterocycles. The molecule has 1 aliphatic rings. The molecule has 0 aliphatic carbocycles. The van der Waals surface area contributed by atoms with Crippen molar-refractivity contribution in [2.45, 2.75) is 31.1 Å². The third kappa shape index (κ3) is 4.52. The quantitative estimate of drug-likeness (QED) is 0.562. The molecule has 8 nitrogen and oxygen atoms in total. The van der Waals surface area contributed by atoms with E-state index in [-0.39, 0.29) is 22.5 Å². The van der Waals surface area contributed by atoms with E-state index in [1.165, 1.54) is 18.4 Å². The lowest BCUT2D eigenvalue weighted by Gasteiger charge is -2.16.